The van der Waals surface area contributed by atoms with Crippen LogP contribution < -0.4 is 0 Å². The Hall–Kier alpha value is -1.35. The number of aliphatic carboxylic acids is 1. The Morgan fingerprint density at radius 1 is 1.33 bits per heavy atom. The molecule has 0 saturated heterocycles. The van der Waals surface area contributed by atoms with E-state index in [-0.39, 0.29) is 6.61 Å². The number of carbonyl (C=O) groups is 1. The van der Waals surface area contributed by atoms with Gasteiger partial charge in [-0.2, -0.15) is 0 Å². The summed E-state index contributed by atoms with van der Waals surface area (Å²) in [5, 5.41) is 16.0. The van der Waals surface area contributed by atoms with E-state index in [4.69, 9.17) is 15.0 Å². The van der Waals surface area contributed by atoms with Crippen LogP contribution >= 0.6 is 0 Å². The van der Waals surface area contributed by atoms with Gasteiger partial charge in [-0.3, -0.25) is 4.79 Å². The number of aliphatic hydroxyl groups is 1. The van der Waals surface area contributed by atoms with Crippen LogP contribution in [-0.2, 0) is 11.4 Å². The molecule has 1 aromatic carbocycles. The fourth-order valence-electron chi connectivity index (χ4n) is 0.583. The predicted octanol–water partition coefficient (Wildman–Crippen LogP) is 1.27. The van der Waals surface area contributed by atoms with Crippen molar-refractivity contribution in [2.45, 2.75) is 13.5 Å². The van der Waals surface area contributed by atoms with E-state index in [9.17, 15) is 0 Å². The molecule has 0 bridgehead atoms. The molecule has 0 amide bonds. The van der Waals surface area contributed by atoms with Gasteiger partial charge in [-0.15, -0.1) is 0 Å². The summed E-state index contributed by atoms with van der Waals surface area (Å²) in [7, 11) is 0. The molecule has 2 N–H and O–H groups in total. The fraction of sp³-hybridized carbons (Fsp3) is 0.222. The SMILES string of the molecule is CC(=O)O.OCc1ccccc1. The van der Waals surface area contributed by atoms with Gasteiger partial charge in [0.15, 0.2) is 0 Å². The van der Waals surface area contributed by atoms with Crippen molar-refractivity contribution >= 4 is 5.97 Å². The molecule has 0 aliphatic heterocycles. The van der Waals surface area contributed by atoms with Crippen molar-refractivity contribution in [1.82, 2.24) is 0 Å². The molecule has 12 heavy (non-hydrogen) atoms. The van der Waals surface area contributed by atoms with E-state index >= 15 is 0 Å². The lowest BCUT2D eigenvalue weighted by Gasteiger charge is -1.89. The molecule has 3 heteroatoms. The van der Waals surface area contributed by atoms with E-state index in [0.29, 0.717) is 0 Å². The summed E-state index contributed by atoms with van der Waals surface area (Å²) in [5.74, 6) is -0.833. The van der Waals surface area contributed by atoms with Crippen LogP contribution in [0.15, 0.2) is 30.3 Å². The highest BCUT2D eigenvalue weighted by Gasteiger charge is 1.81. The maximum atomic E-state index is 9.00. The zero-order valence-corrected chi connectivity index (χ0v) is 6.90. The van der Waals surface area contributed by atoms with Crippen LogP contribution in [0.2, 0.25) is 0 Å². The second kappa shape index (κ2) is 6.37. The minimum absolute atomic E-state index is 0.140. The zero-order valence-electron chi connectivity index (χ0n) is 6.90. The van der Waals surface area contributed by atoms with Crippen molar-refractivity contribution in [2.75, 3.05) is 0 Å². The molecule has 0 spiro atoms. The van der Waals surface area contributed by atoms with Gasteiger partial charge in [-0.05, 0) is 5.56 Å². The van der Waals surface area contributed by atoms with Crippen LogP contribution in [0.5, 0.6) is 0 Å². The van der Waals surface area contributed by atoms with Crippen LogP contribution in [0.1, 0.15) is 12.5 Å². The summed E-state index contributed by atoms with van der Waals surface area (Å²) in [6.07, 6.45) is 0. The molecular formula is C9H12O3. The first-order valence-electron chi connectivity index (χ1n) is 3.51. The van der Waals surface area contributed by atoms with Gasteiger partial charge in [0.2, 0.25) is 0 Å². The number of hydrogen-bond donors (Lipinski definition) is 2. The molecular weight excluding hydrogens is 156 g/mol. The number of rotatable bonds is 1. The summed E-state index contributed by atoms with van der Waals surface area (Å²) in [6.45, 7) is 1.22. The molecule has 1 aromatic rings. The smallest absolute Gasteiger partial charge is 0.300 e. The Bertz CT molecular complexity index is 214. The number of carboxylic acids is 1. The molecule has 0 unspecified atom stereocenters. The first kappa shape index (κ1) is 10.7. The van der Waals surface area contributed by atoms with E-state index in [1.165, 1.54) is 0 Å². The second-order valence-corrected chi connectivity index (χ2v) is 2.16. The monoisotopic (exact) mass is 168 g/mol. The Balaban J connectivity index is 0.000000261. The van der Waals surface area contributed by atoms with Crippen molar-refractivity contribution in [3.63, 3.8) is 0 Å². The van der Waals surface area contributed by atoms with Gasteiger partial charge < -0.3 is 10.2 Å². The number of benzene rings is 1. The van der Waals surface area contributed by atoms with Crippen molar-refractivity contribution in [2.24, 2.45) is 0 Å². The molecule has 0 aliphatic rings. The normalized spacial score (nSPS) is 8.17. The first-order chi connectivity index (χ1) is 5.66. The van der Waals surface area contributed by atoms with E-state index in [1.807, 2.05) is 30.3 Å². The van der Waals surface area contributed by atoms with Crippen LogP contribution in [0, 0.1) is 0 Å². The summed E-state index contributed by atoms with van der Waals surface area (Å²) in [5.41, 5.74) is 0.965. The average Bonchev–Trinajstić information content (AvgIpc) is 2.05. The summed E-state index contributed by atoms with van der Waals surface area (Å²) < 4.78 is 0. The lowest BCUT2D eigenvalue weighted by molar-refractivity contribution is -0.134. The molecule has 0 saturated carbocycles. The minimum Gasteiger partial charge on any atom is -0.481 e. The van der Waals surface area contributed by atoms with E-state index in [1.54, 1.807) is 0 Å². The zero-order chi connectivity index (χ0) is 9.40. The van der Waals surface area contributed by atoms with Crippen LogP contribution in [0.25, 0.3) is 0 Å². The van der Waals surface area contributed by atoms with Crippen molar-refractivity contribution in [3.8, 4) is 0 Å². The highest BCUT2D eigenvalue weighted by molar-refractivity contribution is 5.62. The highest BCUT2D eigenvalue weighted by atomic mass is 16.4. The first-order valence-corrected chi connectivity index (χ1v) is 3.51. The second-order valence-electron chi connectivity index (χ2n) is 2.16. The molecule has 0 aliphatic carbocycles. The molecule has 3 nitrogen and oxygen atoms in total. The standard InChI is InChI=1S/C7H8O.C2H4O2/c8-6-7-4-2-1-3-5-7;1-2(3)4/h1-5,8H,6H2;1H3,(H,3,4). The van der Waals surface area contributed by atoms with Crippen LogP contribution in [0.3, 0.4) is 0 Å². The average molecular weight is 168 g/mol. The largest absolute Gasteiger partial charge is 0.481 e. The Morgan fingerprint density at radius 2 is 1.75 bits per heavy atom. The van der Waals surface area contributed by atoms with Gasteiger partial charge in [-0.25, -0.2) is 0 Å². The molecule has 66 valence electrons. The van der Waals surface area contributed by atoms with E-state index in [0.717, 1.165) is 12.5 Å². The maximum Gasteiger partial charge on any atom is 0.300 e. The van der Waals surface area contributed by atoms with E-state index < -0.39 is 5.97 Å². The van der Waals surface area contributed by atoms with Gasteiger partial charge in [0.05, 0.1) is 6.61 Å². The predicted molar refractivity (Wildman–Crippen MR) is 45.7 cm³/mol. The summed E-state index contributed by atoms with van der Waals surface area (Å²) in [4.78, 5) is 9.00. The number of hydrogen-bond acceptors (Lipinski definition) is 2. The molecule has 0 radical (unpaired) electrons. The molecule has 0 fully saturated rings. The lowest BCUT2D eigenvalue weighted by Crippen LogP contribution is -1.78. The van der Waals surface area contributed by atoms with Crippen molar-refractivity contribution in [1.29, 1.82) is 0 Å². The summed E-state index contributed by atoms with van der Waals surface area (Å²) >= 11 is 0. The highest BCUT2D eigenvalue weighted by Crippen LogP contribution is 1.95. The van der Waals surface area contributed by atoms with Gasteiger partial charge in [0.25, 0.3) is 5.97 Å². The topological polar surface area (TPSA) is 57.5 Å². The molecule has 0 heterocycles. The minimum atomic E-state index is -0.833. The molecule has 0 aromatic heterocycles. The van der Waals surface area contributed by atoms with E-state index in [2.05, 4.69) is 0 Å². The Labute approximate surface area is 71.3 Å². The summed E-state index contributed by atoms with van der Waals surface area (Å²) in [6, 6.07) is 9.52. The molecule has 0 atom stereocenters. The Kier molecular flexibility index (Phi) is 5.65. The van der Waals surface area contributed by atoms with Gasteiger partial charge in [-0.1, -0.05) is 30.3 Å². The van der Waals surface area contributed by atoms with Crippen molar-refractivity contribution in [3.05, 3.63) is 35.9 Å². The third-order valence-corrected chi connectivity index (χ3v) is 1.03. The molecule has 1 rings (SSSR count). The fourth-order valence-corrected chi connectivity index (χ4v) is 0.583. The van der Waals surface area contributed by atoms with Gasteiger partial charge >= 0.3 is 0 Å². The van der Waals surface area contributed by atoms with Gasteiger partial charge in [0, 0.05) is 6.92 Å². The third kappa shape index (κ3) is 6.77. The lowest BCUT2D eigenvalue weighted by atomic mass is 10.2. The van der Waals surface area contributed by atoms with Crippen LogP contribution in [-0.4, -0.2) is 16.2 Å². The quantitative estimate of drug-likeness (QED) is 0.663. The van der Waals surface area contributed by atoms with Gasteiger partial charge in [0.1, 0.15) is 0 Å². The Morgan fingerprint density at radius 3 is 2.00 bits per heavy atom. The van der Waals surface area contributed by atoms with Crippen LogP contribution in [0.4, 0.5) is 0 Å². The van der Waals surface area contributed by atoms with Crippen molar-refractivity contribution < 1.29 is 15.0 Å². The number of carboxylic acid groups (broad SMARTS) is 1. The number of aliphatic hydroxyl groups excluding tert-OH is 1. The third-order valence-electron chi connectivity index (χ3n) is 1.03. The maximum absolute atomic E-state index is 9.00.